The second kappa shape index (κ2) is 7.38. The Morgan fingerprint density at radius 3 is 2.69 bits per heavy atom. The average Bonchev–Trinajstić information content (AvgIpc) is 2.67. The molecule has 0 aliphatic carbocycles. The number of nitrogens with one attached hydrogen (secondary N) is 1. The van der Waals surface area contributed by atoms with Crippen LogP contribution in [0.25, 0.3) is 11.1 Å². The third-order valence-electron chi connectivity index (χ3n) is 5.56. The Labute approximate surface area is 153 Å². The first-order chi connectivity index (χ1) is 12.7. The highest BCUT2D eigenvalue weighted by atomic mass is 16.5. The van der Waals surface area contributed by atoms with E-state index in [0.717, 1.165) is 35.9 Å². The Morgan fingerprint density at radius 2 is 1.96 bits per heavy atom. The third kappa shape index (κ3) is 3.68. The molecule has 0 radical (unpaired) electrons. The second-order valence-corrected chi connectivity index (χ2v) is 7.22. The van der Waals surface area contributed by atoms with Crippen LogP contribution in [0.15, 0.2) is 48.5 Å². The number of amides is 1. The molecule has 3 aliphatic rings. The van der Waals surface area contributed by atoms with Crippen molar-refractivity contribution in [3.05, 3.63) is 48.5 Å². The largest absolute Gasteiger partial charge is 0.493 e. The van der Waals surface area contributed by atoms with Crippen molar-refractivity contribution in [1.82, 2.24) is 4.90 Å². The summed E-state index contributed by atoms with van der Waals surface area (Å²) in [5.74, 6) is 2.25. The van der Waals surface area contributed by atoms with Crippen LogP contribution in [-0.4, -0.2) is 42.3 Å². The van der Waals surface area contributed by atoms with Crippen molar-refractivity contribution in [2.75, 3.05) is 31.6 Å². The summed E-state index contributed by atoms with van der Waals surface area (Å²) in [5, 5.41) is 11.3. The van der Waals surface area contributed by atoms with Crippen LogP contribution in [0, 0.1) is 11.8 Å². The van der Waals surface area contributed by atoms with Crippen LogP contribution in [0.3, 0.4) is 0 Å². The number of carboxylic acid groups (broad SMARTS) is 1. The minimum absolute atomic E-state index is 0.558. The summed E-state index contributed by atoms with van der Waals surface area (Å²) in [6, 6.07) is 15.4. The lowest BCUT2D eigenvalue weighted by atomic mass is 9.79. The van der Waals surface area contributed by atoms with E-state index in [2.05, 4.69) is 10.2 Å². The van der Waals surface area contributed by atoms with Gasteiger partial charge in [0.25, 0.3) is 0 Å². The summed E-state index contributed by atoms with van der Waals surface area (Å²) >= 11 is 0. The maximum atomic E-state index is 10.9. The smallest absolute Gasteiger partial charge is 0.409 e. The first kappa shape index (κ1) is 16.9. The number of fused-ring (bicyclic) bond motifs is 3. The number of para-hydroxylation sites is 1. The van der Waals surface area contributed by atoms with E-state index in [-0.39, 0.29) is 0 Å². The molecular weight excluding hydrogens is 328 g/mol. The molecule has 3 saturated heterocycles. The molecule has 1 unspecified atom stereocenters. The second-order valence-electron chi connectivity index (χ2n) is 7.22. The van der Waals surface area contributed by atoms with Crippen LogP contribution in [0.4, 0.5) is 10.5 Å². The number of nitrogens with zero attached hydrogens (tertiary/aromatic N) is 1. The van der Waals surface area contributed by atoms with Crippen molar-refractivity contribution in [1.29, 1.82) is 0 Å². The number of piperidine rings is 3. The van der Waals surface area contributed by atoms with Gasteiger partial charge in [0.05, 0.1) is 6.61 Å². The first-order valence-corrected chi connectivity index (χ1v) is 9.23. The quantitative estimate of drug-likeness (QED) is 0.848. The highest BCUT2D eigenvalue weighted by Crippen LogP contribution is 2.35. The predicted molar refractivity (Wildman–Crippen MR) is 102 cm³/mol. The van der Waals surface area contributed by atoms with Crippen LogP contribution < -0.4 is 10.1 Å². The van der Waals surface area contributed by atoms with E-state index in [0.29, 0.717) is 11.6 Å². The summed E-state index contributed by atoms with van der Waals surface area (Å²) < 4.78 is 6.24. The molecule has 1 amide bonds. The Hall–Kier alpha value is -2.53. The van der Waals surface area contributed by atoms with Crippen molar-refractivity contribution in [2.24, 2.45) is 11.8 Å². The number of rotatable bonds is 5. The van der Waals surface area contributed by atoms with Gasteiger partial charge in [-0.3, -0.25) is 5.32 Å². The molecule has 136 valence electrons. The molecule has 0 aromatic heterocycles. The summed E-state index contributed by atoms with van der Waals surface area (Å²) in [5.41, 5.74) is 2.49. The van der Waals surface area contributed by atoms with Gasteiger partial charge in [-0.1, -0.05) is 30.3 Å². The maximum Gasteiger partial charge on any atom is 0.409 e. The maximum absolute atomic E-state index is 10.9. The van der Waals surface area contributed by atoms with Crippen molar-refractivity contribution < 1.29 is 14.6 Å². The topological polar surface area (TPSA) is 61.8 Å². The van der Waals surface area contributed by atoms with Crippen LogP contribution >= 0.6 is 0 Å². The van der Waals surface area contributed by atoms with E-state index in [4.69, 9.17) is 9.84 Å². The van der Waals surface area contributed by atoms with Gasteiger partial charge in [-0.25, -0.2) is 4.79 Å². The lowest BCUT2D eigenvalue weighted by molar-refractivity contribution is 0.0258. The zero-order valence-electron chi connectivity index (χ0n) is 14.7. The van der Waals surface area contributed by atoms with E-state index in [1.807, 2.05) is 42.5 Å². The molecule has 2 aromatic rings. The normalized spacial score (nSPS) is 24.2. The lowest BCUT2D eigenvalue weighted by Gasteiger charge is -2.44. The van der Waals surface area contributed by atoms with Gasteiger partial charge in [-0.2, -0.15) is 0 Å². The molecule has 26 heavy (non-hydrogen) atoms. The Morgan fingerprint density at radius 1 is 1.15 bits per heavy atom. The molecule has 0 saturated carbocycles. The van der Waals surface area contributed by atoms with E-state index in [1.165, 1.54) is 25.9 Å². The number of benzene rings is 2. The summed E-state index contributed by atoms with van der Waals surface area (Å²) in [6.07, 6.45) is 1.52. The number of hydrogen-bond donors (Lipinski definition) is 2. The van der Waals surface area contributed by atoms with Crippen molar-refractivity contribution in [2.45, 2.75) is 12.8 Å². The fraction of sp³-hybridized carbons (Fsp3) is 0.381. The predicted octanol–water partition coefficient (Wildman–Crippen LogP) is 4.16. The Bertz CT molecular complexity index is 784. The average molecular weight is 352 g/mol. The molecule has 0 spiro atoms. The Balaban J connectivity index is 1.51. The van der Waals surface area contributed by atoms with Gasteiger partial charge in [0, 0.05) is 23.7 Å². The fourth-order valence-corrected chi connectivity index (χ4v) is 4.19. The number of carbonyl (C=O) groups is 1. The lowest BCUT2D eigenvalue weighted by Crippen LogP contribution is -2.49. The number of anilines is 1. The standard InChI is InChI=1S/C21H24N2O3/c24-21(25)22-18-5-3-4-16(12-18)19-6-1-2-7-20(19)26-14-17-13-23-10-8-15(17)9-11-23/h1-7,12,15,17,22H,8-11,13-14H2,(H,24,25). The monoisotopic (exact) mass is 352 g/mol. The minimum Gasteiger partial charge on any atom is -0.493 e. The van der Waals surface area contributed by atoms with Crippen molar-refractivity contribution in [3.63, 3.8) is 0 Å². The highest BCUT2D eigenvalue weighted by Gasteiger charge is 2.34. The van der Waals surface area contributed by atoms with Gasteiger partial charge in [0.1, 0.15) is 5.75 Å². The van der Waals surface area contributed by atoms with Crippen molar-refractivity contribution >= 4 is 11.8 Å². The molecule has 1 atom stereocenters. The van der Waals surface area contributed by atoms with E-state index in [9.17, 15) is 4.79 Å². The van der Waals surface area contributed by atoms with Gasteiger partial charge >= 0.3 is 6.09 Å². The molecule has 2 aromatic carbocycles. The van der Waals surface area contributed by atoms with Crippen LogP contribution in [0.1, 0.15) is 12.8 Å². The minimum atomic E-state index is -1.06. The zero-order chi connectivity index (χ0) is 17.9. The third-order valence-corrected chi connectivity index (χ3v) is 5.56. The highest BCUT2D eigenvalue weighted by molar-refractivity contribution is 5.85. The van der Waals surface area contributed by atoms with E-state index >= 15 is 0 Å². The van der Waals surface area contributed by atoms with Crippen LogP contribution in [0.5, 0.6) is 5.75 Å². The molecule has 3 fully saturated rings. The summed E-state index contributed by atoms with van der Waals surface area (Å²) in [6.45, 7) is 4.36. The van der Waals surface area contributed by atoms with Gasteiger partial charge in [0.15, 0.2) is 0 Å². The SMILES string of the molecule is O=C(O)Nc1cccc(-c2ccccc2OCC2CN3CCC2CC3)c1. The van der Waals surface area contributed by atoms with E-state index in [1.54, 1.807) is 6.07 Å². The molecule has 5 rings (SSSR count). The molecule has 2 N–H and O–H groups in total. The fourth-order valence-electron chi connectivity index (χ4n) is 4.19. The summed E-state index contributed by atoms with van der Waals surface area (Å²) in [4.78, 5) is 13.4. The van der Waals surface area contributed by atoms with E-state index < -0.39 is 6.09 Å². The van der Waals surface area contributed by atoms with Crippen LogP contribution in [-0.2, 0) is 0 Å². The number of ether oxygens (including phenoxy) is 1. The molecule has 3 heterocycles. The molecule has 3 aliphatic heterocycles. The first-order valence-electron chi connectivity index (χ1n) is 9.23. The molecule has 2 bridgehead atoms. The van der Waals surface area contributed by atoms with Gasteiger partial charge in [-0.05, 0) is 55.6 Å². The van der Waals surface area contributed by atoms with Crippen molar-refractivity contribution in [3.8, 4) is 16.9 Å². The number of hydrogen-bond acceptors (Lipinski definition) is 3. The van der Waals surface area contributed by atoms with Gasteiger partial charge in [0.2, 0.25) is 0 Å². The molecule has 5 nitrogen and oxygen atoms in total. The van der Waals surface area contributed by atoms with Gasteiger partial charge < -0.3 is 14.7 Å². The zero-order valence-corrected chi connectivity index (χ0v) is 14.7. The Kier molecular flexibility index (Phi) is 4.80. The van der Waals surface area contributed by atoms with Crippen LogP contribution in [0.2, 0.25) is 0 Å². The molecule has 5 heteroatoms. The molecular formula is C21H24N2O3. The summed E-state index contributed by atoms with van der Waals surface area (Å²) in [7, 11) is 0. The van der Waals surface area contributed by atoms with Gasteiger partial charge in [-0.15, -0.1) is 0 Å².